The van der Waals surface area contributed by atoms with E-state index >= 15 is 0 Å². The number of pyridine rings is 1. The van der Waals surface area contributed by atoms with E-state index in [0.29, 0.717) is 17.7 Å². The van der Waals surface area contributed by atoms with Gasteiger partial charge < -0.3 is 13.9 Å². The smallest absolute Gasteiger partial charge is 0.249 e. The predicted octanol–water partition coefficient (Wildman–Crippen LogP) is 2.60. The molecule has 1 fully saturated rings. The van der Waals surface area contributed by atoms with E-state index in [1.807, 2.05) is 13.0 Å². The predicted molar refractivity (Wildman–Crippen MR) is 76.3 cm³/mol. The molecule has 6 heteroatoms. The van der Waals surface area contributed by atoms with E-state index in [9.17, 15) is 0 Å². The molecule has 2 aromatic heterocycles. The van der Waals surface area contributed by atoms with Crippen molar-refractivity contribution in [3.63, 3.8) is 0 Å². The Morgan fingerprint density at radius 3 is 2.81 bits per heavy atom. The molecule has 0 amide bonds. The van der Waals surface area contributed by atoms with Crippen LogP contribution < -0.4 is 4.74 Å². The topological polar surface area (TPSA) is 70.3 Å². The molecular weight excluding hydrogens is 270 g/mol. The number of ether oxygens (including phenoxy) is 2. The van der Waals surface area contributed by atoms with Crippen LogP contribution in [0.1, 0.15) is 37.3 Å². The van der Waals surface area contributed by atoms with Gasteiger partial charge >= 0.3 is 0 Å². The van der Waals surface area contributed by atoms with Crippen molar-refractivity contribution in [2.24, 2.45) is 0 Å². The number of aromatic nitrogens is 3. The molecule has 21 heavy (non-hydrogen) atoms. The van der Waals surface area contributed by atoms with Crippen molar-refractivity contribution in [1.82, 2.24) is 15.2 Å². The summed E-state index contributed by atoms with van der Waals surface area (Å²) >= 11 is 0. The van der Waals surface area contributed by atoms with Crippen molar-refractivity contribution in [2.45, 2.75) is 32.1 Å². The van der Waals surface area contributed by atoms with E-state index in [0.717, 1.165) is 49.5 Å². The fourth-order valence-electron chi connectivity index (χ4n) is 2.49. The van der Waals surface area contributed by atoms with Gasteiger partial charge in [-0.15, -0.1) is 10.2 Å². The summed E-state index contributed by atoms with van der Waals surface area (Å²) in [6, 6.07) is 1.90. The van der Waals surface area contributed by atoms with Crippen LogP contribution in [0.15, 0.2) is 16.7 Å². The minimum Gasteiger partial charge on any atom is -0.495 e. The van der Waals surface area contributed by atoms with E-state index in [4.69, 9.17) is 13.9 Å². The average molecular weight is 289 g/mol. The second kappa shape index (κ2) is 6.22. The van der Waals surface area contributed by atoms with Gasteiger partial charge in [0.15, 0.2) is 0 Å². The number of nitrogens with zero attached hydrogens (tertiary/aromatic N) is 3. The van der Waals surface area contributed by atoms with Gasteiger partial charge in [-0.25, -0.2) is 0 Å². The minimum atomic E-state index is 0.296. The number of methoxy groups -OCH3 is 1. The highest BCUT2D eigenvalue weighted by Crippen LogP contribution is 2.29. The van der Waals surface area contributed by atoms with Crippen LogP contribution >= 0.6 is 0 Å². The summed E-state index contributed by atoms with van der Waals surface area (Å²) in [4.78, 5) is 4.39. The van der Waals surface area contributed by atoms with Crippen LogP contribution in [0.5, 0.6) is 5.75 Å². The maximum absolute atomic E-state index is 5.81. The molecule has 0 aromatic carbocycles. The van der Waals surface area contributed by atoms with Crippen molar-refractivity contribution in [3.05, 3.63) is 23.8 Å². The first-order valence-electron chi connectivity index (χ1n) is 7.26. The van der Waals surface area contributed by atoms with Crippen LogP contribution in [-0.4, -0.2) is 35.5 Å². The molecule has 2 aromatic rings. The molecular formula is C15H19N3O3. The summed E-state index contributed by atoms with van der Waals surface area (Å²) in [6.07, 6.45) is 4.43. The summed E-state index contributed by atoms with van der Waals surface area (Å²) in [5, 5.41) is 8.31. The number of aryl methyl sites for hydroxylation is 1. The Morgan fingerprint density at radius 2 is 2.10 bits per heavy atom. The molecule has 1 aliphatic rings. The normalized spacial score (nSPS) is 16.1. The van der Waals surface area contributed by atoms with Gasteiger partial charge in [0.05, 0.1) is 18.4 Å². The van der Waals surface area contributed by atoms with Crippen LogP contribution in [0.4, 0.5) is 0 Å². The highest BCUT2D eigenvalue weighted by molar-refractivity contribution is 5.55. The monoisotopic (exact) mass is 289 g/mol. The molecule has 0 atom stereocenters. The lowest BCUT2D eigenvalue weighted by molar-refractivity contribution is 0.0795. The van der Waals surface area contributed by atoms with E-state index in [2.05, 4.69) is 15.2 Å². The maximum Gasteiger partial charge on any atom is 0.249 e. The molecule has 1 saturated heterocycles. The van der Waals surface area contributed by atoms with Gasteiger partial charge in [0.2, 0.25) is 11.8 Å². The zero-order valence-corrected chi connectivity index (χ0v) is 12.3. The third-order valence-corrected chi connectivity index (χ3v) is 3.74. The Balaban J connectivity index is 1.85. The molecule has 112 valence electrons. The average Bonchev–Trinajstić information content (AvgIpc) is 3.05. The van der Waals surface area contributed by atoms with Crippen LogP contribution in [-0.2, 0) is 11.2 Å². The van der Waals surface area contributed by atoms with Crippen molar-refractivity contribution < 1.29 is 13.9 Å². The van der Waals surface area contributed by atoms with E-state index in [1.54, 1.807) is 13.3 Å². The molecule has 3 rings (SSSR count). The van der Waals surface area contributed by atoms with Gasteiger partial charge in [-0.1, -0.05) is 6.92 Å². The van der Waals surface area contributed by atoms with Gasteiger partial charge in [0.25, 0.3) is 0 Å². The van der Waals surface area contributed by atoms with E-state index < -0.39 is 0 Å². The van der Waals surface area contributed by atoms with Gasteiger partial charge in [-0.05, 0) is 25.3 Å². The van der Waals surface area contributed by atoms with Crippen molar-refractivity contribution >= 4 is 0 Å². The van der Waals surface area contributed by atoms with Crippen LogP contribution in [0.3, 0.4) is 0 Å². The van der Waals surface area contributed by atoms with Gasteiger partial charge in [0, 0.05) is 25.3 Å². The Bertz CT molecular complexity index is 606. The van der Waals surface area contributed by atoms with Gasteiger partial charge in [0.1, 0.15) is 5.75 Å². The first kappa shape index (κ1) is 14.0. The molecule has 0 saturated carbocycles. The third-order valence-electron chi connectivity index (χ3n) is 3.74. The lowest BCUT2D eigenvalue weighted by atomic mass is 10.0. The lowest BCUT2D eigenvalue weighted by Crippen LogP contribution is -2.14. The molecule has 1 aliphatic heterocycles. The Kier molecular flexibility index (Phi) is 4.15. The molecule has 0 spiro atoms. The Morgan fingerprint density at radius 1 is 1.29 bits per heavy atom. The second-order valence-corrected chi connectivity index (χ2v) is 5.06. The largest absolute Gasteiger partial charge is 0.495 e. The van der Waals surface area contributed by atoms with Crippen LogP contribution in [0.25, 0.3) is 11.5 Å². The standard InChI is InChI=1S/C15H19N3O3/c1-3-12-13(19-2)8-11(9-16-12)15-18-17-14(21-15)10-4-6-20-7-5-10/h8-10H,3-7H2,1-2H3. The summed E-state index contributed by atoms with van der Waals surface area (Å²) in [7, 11) is 1.64. The Labute approximate surface area is 123 Å². The number of rotatable bonds is 4. The Hall–Kier alpha value is -1.95. The number of hydrogen-bond donors (Lipinski definition) is 0. The summed E-state index contributed by atoms with van der Waals surface area (Å²) in [5.41, 5.74) is 1.71. The van der Waals surface area contributed by atoms with E-state index in [-0.39, 0.29) is 0 Å². The van der Waals surface area contributed by atoms with Gasteiger partial charge in [-0.2, -0.15) is 0 Å². The number of hydrogen-bond acceptors (Lipinski definition) is 6. The second-order valence-electron chi connectivity index (χ2n) is 5.06. The fourth-order valence-corrected chi connectivity index (χ4v) is 2.49. The van der Waals surface area contributed by atoms with Crippen LogP contribution in [0.2, 0.25) is 0 Å². The van der Waals surface area contributed by atoms with Crippen molar-refractivity contribution in [1.29, 1.82) is 0 Å². The van der Waals surface area contributed by atoms with Crippen molar-refractivity contribution in [2.75, 3.05) is 20.3 Å². The first-order chi connectivity index (χ1) is 10.3. The van der Waals surface area contributed by atoms with Crippen LogP contribution in [0, 0.1) is 0 Å². The fraction of sp³-hybridized carbons (Fsp3) is 0.533. The van der Waals surface area contributed by atoms with E-state index in [1.165, 1.54) is 0 Å². The third kappa shape index (κ3) is 2.90. The van der Waals surface area contributed by atoms with Crippen molar-refractivity contribution in [3.8, 4) is 17.2 Å². The molecule has 6 nitrogen and oxygen atoms in total. The molecule has 0 radical (unpaired) electrons. The van der Waals surface area contributed by atoms with Gasteiger partial charge in [-0.3, -0.25) is 4.98 Å². The zero-order valence-electron chi connectivity index (χ0n) is 12.3. The molecule has 0 unspecified atom stereocenters. The SMILES string of the molecule is CCc1ncc(-c2nnc(C3CCOCC3)o2)cc1OC. The lowest BCUT2D eigenvalue weighted by Gasteiger charge is -2.18. The molecule has 3 heterocycles. The quantitative estimate of drug-likeness (QED) is 0.861. The summed E-state index contributed by atoms with van der Waals surface area (Å²) < 4.78 is 16.5. The summed E-state index contributed by atoms with van der Waals surface area (Å²) in [5.74, 6) is 2.22. The summed E-state index contributed by atoms with van der Waals surface area (Å²) in [6.45, 7) is 3.55. The highest BCUT2D eigenvalue weighted by atomic mass is 16.5. The maximum atomic E-state index is 5.81. The molecule has 0 N–H and O–H groups in total. The molecule has 0 bridgehead atoms. The molecule has 0 aliphatic carbocycles. The zero-order chi connectivity index (χ0) is 14.7. The minimum absolute atomic E-state index is 0.296. The first-order valence-corrected chi connectivity index (χ1v) is 7.26. The highest BCUT2D eigenvalue weighted by Gasteiger charge is 2.22.